The standard InChI is InChI=1S/C15H24N2O/c1-5-11-10-4-2-9-17-13(10)18-12(6-1)15(11)7-3-8-16-14(15)17/h10-14,16H,1-9H2/t10-,11+,12-,13?,14+,15+/m1/s1. The van der Waals surface area contributed by atoms with Crippen LogP contribution in [0, 0.1) is 17.3 Å². The number of nitrogens with one attached hydrogen (secondary N) is 1. The Morgan fingerprint density at radius 2 is 2.11 bits per heavy atom. The van der Waals surface area contributed by atoms with Crippen molar-refractivity contribution >= 4 is 0 Å². The molecular weight excluding hydrogens is 224 g/mol. The van der Waals surface area contributed by atoms with E-state index >= 15 is 0 Å². The average Bonchev–Trinajstić information content (AvgIpc) is 2.40. The molecule has 5 aliphatic heterocycles. The van der Waals surface area contributed by atoms with Crippen LogP contribution < -0.4 is 5.32 Å². The molecule has 2 unspecified atom stereocenters. The highest BCUT2D eigenvalue weighted by Crippen LogP contribution is 2.63. The molecule has 0 radical (unpaired) electrons. The predicted octanol–water partition coefficient (Wildman–Crippen LogP) is 1.93. The second-order valence-corrected chi connectivity index (χ2v) is 7.17. The van der Waals surface area contributed by atoms with Crippen molar-refractivity contribution in [3.8, 4) is 0 Å². The molecule has 5 saturated heterocycles. The summed E-state index contributed by atoms with van der Waals surface area (Å²) in [5.41, 5.74) is 0.482. The van der Waals surface area contributed by atoms with Crippen molar-refractivity contribution < 1.29 is 4.74 Å². The smallest absolute Gasteiger partial charge is 0.115 e. The van der Waals surface area contributed by atoms with Crippen LogP contribution in [-0.4, -0.2) is 36.5 Å². The number of rotatable bonds is 0. The maximum atomic E-state index is 6.57. The Bertz CT molecular complexity index is 351. The topological polar surface area (TPSA) is 24.5 Å². The average molecular weight is 248 g/mol. The van der Waals surface area contributed by atoms with Gasteiger partial charge in [-0.3, -0.25) is 4.90 Å². The molecule has 1 spiro atoms. The number of hydrogen-bond acceptors (Lipinski definition) is 3. The van der Waals surface area contributed by atoms with Crippen molar-refractivity contribution in [2.24, 2.45) is 17.3 Å². The van der Waals surface area contributed by atoms with Crippen LogP contribution in [0.3, 0.4) is 0 Å². The molecule has 6 fully saturated rings. The van der Waals surface area contributed by atoms with Crippen molar-refractivity contribution in [3.63, 3.8) is 0 Å². The van der Waals surface area contributed by atoms with Gasteiger partial charge in [-0.2, -0.15) is 0 Å². The molecule has 18 heavy (non-hydrogen) atoms. The van der Waals surface area contributed by atoms with Crippen LogP contribution >= 0.6 is 0 Å². The second kappa shape index (κ2) is 3.50. The molecule has 1 saturated carbocycles. The Labute approximate surface area is 109 Å². The Balaban J connectivity index is 1.66. The van der Waals surface area contributed by atoms with E-state index in [0.29, 0.717) is 23.9 Å². The van der Waals surface area contributed by atoms with Gasteiger partial charge in [-0.05, 0) is 51.0 Å². The van der Waals surface area contributed by atoms with Crippen molar-refractivity contribution in [2.45, 2.75) is 63.4 Å². The zero-order valence-corrected chi connectivity index (χ0v) is 11.1. The monoisotopic (exact) mass is 248 g/mol. The largest absolute Gasteiger partial charge is 0.359 e. The van der Waals surface area contributed by atoms with Crippen molar-refractivity contribution in [1.29, 1.82) is 0 Å². The van der Waals surface area contributed by atoms with Crippen LogP contribution in [0.2, 0.25) is 0 Å². The molecule has 100 valence electrons. The summed E-state index contributed by atoms with van der Waals surface area (Å²) in [6.07, 6.45) is 11.5. The predicted molar refractivity (Wildman–Crippen MR) is 68.9 cm³/mol. The van der Waals surface area contributed by atoms with Gasteiger partial charge in [0.25, 0.3) is 0 Å². The fraction of sp³-hybridized carbons (Fsp3) is 1.00. The van der Waals surface area contributed by atoms with E-state index < -0.39 is 0 Å². The SMILES string of the molecule is C1C[C@H]2OC3[C@@H]4CCCN3[C@@H]3NCCC[C@]23[C@H]4C1. The van der Waals surface area contributed by atoms with Gasteiger partial charge in [-0.15, -0.1) is 0 Å². The van der Waals surface area contributed by atoms with Crippen LogP contribution in [0.4, 0.5) is 0 Å². The molecule has 6 bridgehead atoms. The summed E-state index contributed by atoms with van der Waals surface area (Å²) in [5.74, 6) is 1.82. The minimum atomic E-state index is 0.464. The van der Waals surface area contributed by atoms with Crippen molar-refractivity contribution in [3.05, 3.63) is 0 Å². The van der Waals surface area contributed by atoms with E-state index in [1.165, 1.54) is 58.0 Å². The third-order valence-corrected chi connectivity index (χ3v) is 6.70. The minimum Gasteiger partial charge on any atom is -0.359 e. The first kappa shape index (κ1) is 10.6. The van der Waals surface area contributed by atoms with E-state index in [0.717, 1.165) is 11.8 Å². The molecule has 0 aromatic heterocycles. The van der Waals surface area contributed by atoms with Gasteiger partial charge in [0.2, 0.25) is 0 Å². The Hall–Kier alpha value is -0.120. The quantitative estimate of drug-likeness (QED) is 0.709. The molecule has 6 aliphatic rings. The fourth-order valence-electron chi connectivity index (χ4n) is 6.27. The molecule has 7 atom stereocenters. The molecule has 3 nitrogen and oxygen atoms in total. The first-order valence-electron chi connectivity index (χ1n) is 8.06. The van der Waals surface area contributed by atoms with Crippen LogP contribution in [-0.2, 0) is 4.74 Å². The maximum Gasteiger partial charge on any atom is 0.115 e. The summed E-state index contributed by atoms with van der Waals surface area (Å²) < 4.78 is 6.57. The van der Waals surface area contributed by atoms with E-state index in [1.54, 1.807) is 0 Å². The Morgan fingerprint density at radius 3 is 3.11 bits per heavy atom. The zero-order valence-electron chi connectivity index (χ0n) is 11.1. The molecule has 3 heteroatoms. The van der Waals surface area contributed by atoms with Gasteiger partial charge >= 0.3 is 0 Å². The van der Waals surface area contributed by atoms with E-state index in [-0.39, 0.29) is 0 Å². The van der Waals surface area contributed by atoms with Crippen molar-refractivity contribution in [1.82, 2.24) is 10.2 Å². The van der Waals surface area contributed by atoms with E-state index in [1.807, 2.05) is 0 Å². The Kier molecular flexibility index (Phi) is 2.07. The first-order chi connectivity index (χ1) is 8.91. The van der Waals surface area contributed by atoms with Gasteiger partial charge in [-0.1, -0.05) is 6.42 Å². The first-order valence-corrected chi connectivity index (χ1v) is 8.06. The number of nitrogens with zero attached hydrogens (tertiary/aromatic N) is 1. The zero-order chi connectivity index (χ0) is 11.7. The van der Waals surface area contributed by atoms with Gasteiger partial charge in [0.05, 0.1) is 12.3 Å². The normalized spacial score (nSPS) is 61.3. The van der Waals surface area contributed by atoms with Gasteiger partial charge in [0.1, 0.15) is 6.23 Å². The maximum absolute atomic E-state index is 6.57. The lowest BCUT2D eigenvalue weighted by Crippen LogP contribution is -2.80. The molecule has 1 aliphatic carbocycles. The van der Waals surface area contributed by atoms with E-state index in [9.17, 15) is 0 Å². The van der Waals surface area contributed by atoms with Gasteiger partial charge < -0.3 is 10.1 Å². The lowest BCUT2D eigenvalue weighted by Gasteiger charge is -2.72. The lowest BCUT2D eigenvalue weighted by atomic mass is 9.50. The molecular formula is C15H24N2O. The van der Waals surface area contributed by atoms with E-state index in [4.69, 9.17) is 4.74 Å². The summed E-state index contributed by atoms with van der Waals surface area (Å²) in [6, 6.07) is 0. The summed E-state index contributed by atoms with van der Waals surface area (Å²) >= 11 is 0. The minimum absolute atomic E-state index is 0.464. The number of hydrogen-bond donors (Lipinski definition) is 1. The van der Waals surface area contributed by atoms with Gasteiger partial charge in [0, 0.05) is 17.9 Å². The Morgan fingerprint density at radius 1 is 1.11 bits per heavy atom. The summed E-state index contributed by atoms with van der Waals surface area (Å²) in [4.78, 5) is 2.70. The van der Waals surface area contributed by atoms with Gasteiger partial charge in [0.15, 0.2) is 0 Å². The highest BCUT2D eigenvalue weighted by atomic mass is 16.5. The molecule has 1 N–H and O–H groups in total. The van der Waals surface area contributed by atoms with Gasteiger partial charge in [-0.25, -0.2) is 0 Å². The highest BCUT2D eigenvalue weighted by molar-refractivity contribution is 5.15. The van der Waals surface area contributed by atoms with Crippen LogP contribution in [0.5, 0.6) is 0 Å². The summed E-state index contributed by atoms with van der Waals surface area (Å²) in [5, 5.41) is 3.87. The lowest BCUT2D eigenvalue weighted by molar-refractivity contribution is -0.355. The fourth-order valence-corrected chi connectivity index (χ4v) is 6.27. The van der Waals surface area contributed by atoms with E-state index in [2.05, 4.69) is 10.2 Å². The third kappa shape index (κ3) is 1.05. The highest BCUT2D eigenvalue weighted by Gasteiger charge is 2.68. The second-order valence-electron chi connectivity index (χ2n) is 7.17. The summed E-state index contributed by atoms with van der Waals surface area (Å²) in [7, 11) is 0. The third-order valence-electron chi connectivity index (χ3n) is 6.70. The molecule has 6 rings (SSSR count). The van der Waals surface area contributed by atoms with Crippen LogP contribution in [0.25, 0.3) is 0 Å². The molecule has 0 aromatic carbocycles. The molecule has 5 heterocycles. The van der Waals surface area contributed by atoms with Crippen LogP contribution in [0.15, 0.2) is 0 Å². The molecule has 0 aromatic rings. The number of piperidine rings is 3. The summed E-state index contributed by atoms with van der Waals surface area (Å²) in [6.45, 7) is 2.49. The molecule has 0 amide bonds. The number of ether oxygens (including phenoxy) is 1. The van der Waals surface area contributed by atoms with Crippen molar-refractivity contribution in [2.75, 3.05) is 13.1 Å². The van der Waals surface area contributed by atoms with Crippen LogP contribution in [0.1, 0.15) is 44.9 Å².